The third kappa shape index (κ3) is 5.14. The van der Waals surface area contributed by atoms with E-state index in [4.69, 9.17) is 0 Å². The Kier molecular flexibility index (Phi) is 7.65. The van der Waals surface area contributed by atoms with Gasteiger partial charge in [0.2, 0.25) is 9.84 Å². The second kappa shape index (κ2) is 9.75. The lowest BCUT2D eigenvalue weighted by atomic mass is 10.0. The lowest BCUT2D eigenvalue weighted by Crippen LogP contribution is -2.38. The number of carbonyl (C=O) groups is 1. The van der Waals surface area contributed by atoms with Crippen LogP contribution in [0.1, 0.15) is 35.8 Å². The lowest BCUT2D eigenvalue weighted by molar-refractivity contribution is 0.0935. The maximum atomic E-state index is 12.6. The van der Waals surface area contributed by atoms with Crippen molar-refractivity contribution in [2.75, 3.05) is 19.6 Å². The van der Waals surface area contributed by atoms with Crippen molar-refractivity contribution in [3.05, 3.63) is 65.7 Å². The summed E-state index contributed by atoms with van der Waals surface area (Å²) in [6.07, 6.45) is 0. The summed E-state index contributed by atoms with van der Waals surface area (Å²) in [6, 6.07) is 14.3. The summed E-state index contributed by atoms with van der Waals surface area (Å²) in [7, 11) is -4.67. The van der Waals surface area contributed by atoms with Gasteiger partial charge in [-0.1, -0.05) is 44.2 Å². The highest BCUT2D eigenvalue weighted by atomic mass is 32.2. The third-order valence-corrected chi connectivity index (χ3v) is 5.97. The number of hydrogen-bond donors (Lipinski definition) is 1. The number of rotatable bonds is 9. The number of carbonyl (C=O) groups excluding carboxylic acids is 1. The fraction of sp³-hybridized carbons (Fsp3) is 0.350. The minimum Gasteiger partial charge on any atom is -0.350 e. The van der Waals surface area contributed by atoms with Crippen molar-refractivity contribution in [1.29, 1.82) is 0 Å². The molecule has 152 valence electrons. The number of hydrogen-bond acceptors (Lipinski definition) is 4. The van der Waals surface area contributed by atoms with E-state index in [1.807, 2.05) is 44.2 Å². The van der Waals surface area contributed by atoms with Crippen LogP contribution in [0.5, 0.6) is 0 Å². The van der Waals surface area contributed by atoms with E-state index >= 15 is 0 Å². The SMILES string of the molecule is CCN(CC)C(CNC(=O)c1ccc(S(=O)(=O)C(F)F)cc1)c1ccccc1. The molecular formula is C20H24F2N2O3S. The maximum Gasteiger partial charge on any atom is 0.341 e. The van der Waals surface area contributed by atoms with E-state index in [0.717, 1.165) is 30.8 Å². The largest absolute Gasteiger partial charge is 0.350 e. The van der Waals surface area contributed by atoms with Gasteiger partial charge in [-0.2, -0.15) is 8.78 Å². The molecule has 2 aromatic carbocycles. The summed E-state index contributed by atoms with van der Waals surface area (Å²) in [4.78, 5) is 14.2. The second-order valence-electron chi connectivity index (χ2n) is 6.19. The quantitative estimate of drug-likeness (QED) is 0.687. The van der Waals surface area contributed by atoms with Crippen molar-refractivity contribution in [3.8, 4) is 0 Å². The number of alkyl halides is 2. The molecule has 1 unspecified atom stereocenters. The number of nitrogens with zero attached hydrogens (tertiary/aromatic N) is 1. The van der Waals surface area contributed by atoms with Crippen LogP contribution in [0.25, 0.3) is 0 Å². The Morgan fingerprint density at radius 2 is 1.57 bits per heavy atom. The van der Waals surface area contributed by atoms with Gasteiger partial charge in [0.05, 0.1) is 10.9 Å². The minimum absolute atomic E-state index is 0.0152. The van der Waals surface area contributed by atoms with Crippen LogP contribution in [0.15, 0.2) is 59.5 Å². The first-order valence-electron chi connectivity index (χ1n) is 9.00. The smallest absolute Gasteiger partial charge is 0.341 e. The molecule has 1 N–H and O–H groups in total. The summed E-state index contributed by atoms with van der Waals surface area (Å²) in [5.74, 6) is -3.89. The molecule has 0 saturated heterocycles. The zero-order valence-electron chi connectivity index (χ0n) is 15.8. The summed E-state index contributed by atoms with van der Waals surface area (Å²) >= 11 is 0. The normalized spacial score (nSPS) is 12.9. The Bertz CT molecular complexity index is 868. The number of sulfone groups is 1. The van der Waals surface area contributed by atoms with Crippen LogP contribution in [0.4, 0.5) is 8.78 Å². The second-order valence-corrected chi connectivity index (χ2v) is 8.11. The Morgan fingerprint density at radius 3 is 2.07 bits per heavy atom. The molecule has 2 aromatic rings. The van der Waals surface area contributed by atoms with Gasteiger partial charge in [0.25, 0.3) is 5.91 Å². The molecule has 0 fully saturated rings. The van der Waals surface area contributed by atoms with E-state index in [0.29, 0.717) is 6.54 Å². The fourth-order valence-electron chi connectivity index (χ4n) is 2.99. The number of halogens is 2. The van der Waals surface area contributed by atoms with Gasteiger partial charge in [-0.3, -0.25) is 9.69 Å². The van der Waals surface area contributed by atoms with E-state index < -0.39 is 26.4 Å². The first kappa shape index (κ1) is 22.0. The van der Waals surface area contributed by atoms with Gasteiger partial charge in [0, 0.05) is 12.1 Å². The van der Waals surface area contributed by atoms with Crippen molar-refractivity contribution < 1.29 is 22.0 Å². The van der Waals surface area contributed by atoms with Gasteiger partial charge < -0.3 is 5.32 Å². The summed E-state index contributed by atoms with van der Waals surface area (Å²) in [5.41, 5.74) is 1.28. The lowest BCUT2D eigenvalue weighted by Gasteiger charge is -2.30. The average molecular weight is 410 g/mol. The molecule has 1 amide bonds. The molecule has 0 aliphatic carbocycles. The molecule has 0 radical (unpaired) electrons. The molecule has 28 heavy (non-hydrogen) atoms. The maximum absolute atomic E-state index is 12.6. The van der Waals surface area contributed by atoms with Crippen LogP contribution in [0.2, 0.25) is 0 Å². The molecule has 0 bridgehead atoms. The van der Waals surface area contributed by atoms with Crippen LogP contribution < -0.4 is 5.32 Å². The van der Waals surface area contributed by atoms with Crippen LogP contribution in [-0.2, 0) is 9.84 Å². The Labute approximate surface area is 164 Å². The van der Waals surface area contributed by atoms with Crippen molar-refractivity contribution in [2.24, 2.45) is 0 Å². The molecule has 2 rings (SSSR count). The molecule has 0 aliphatic rings. The third-order valence-electron chi connectivity index (χ3n) is 4.57. The zero-order valence-corrected chi connectivity index (χ0v) is 16.6. The van der Waals surface area contributed by atoms with Crippen molar-refractivity contribution >= 4 is 15.7 Å². The van der Waals surface area contributed by atoms with Crippen LogP contribution in [0.3, 0.4) is 0 Å². The summed E-state index contributed by atoms with van der Waals surface area (Å²) in [5, 5.41) is 2.85. The summed E-state index contributed by atoms with van der Waals surface area (Å²) in [6.45, 7) is 6.08. The van der Waals surface area contributed by atoms with Crippen LogP contribution >= 0.6 is 0 Å². The van der Waals surface area contributed by atoms with E-state index in [1.54, 1.807) is 0 Å². The predicted molar refractivity (Wildman–Crippen MR) is 104 cm³/mol. The van der Waals surface area contributed by atoms with Crippen LogP contribution in [0, 0.1) is 0 Å². The highest BCUT2D eigenvalue weighted by molar-refractivity contribution is 7.91. The number of benzene rings is 2. The average Bonchev–Trinajstić information content (AvgIpc) is 2.71. The molecule has 5 nitrogen and oxygen atoms in total. The fourth-order valence-corrected chi connectivity index (χ4v) is 3.71. The van der Waals surface area contributed by atoms with Crippen molar-refractivity contribution in [2.45, 2.75) is 30.5 Å². The standard InChI is InChI=1S/C20H24F2N2O3S/c1-3-24(4-2)18(15-8-6-5-7-9-15)14-23-19(25)16-10-12-17(13-11-16)28(26,27)20(21)22/h5-13,18,20H,3-4,14H2,1-2H3,(H,23,25). The predicted octanol–water partition coefficient (Wildman–Crippen LogP) is 3.50. The molecule has 0 saturated carbocycles. The van der Waals surface area contributed by atoms with Gasteiger partial charge in [-0.05, 0) is 42.9 Å². The van der Waals surface area contributed by atoms with Crippen molar-refractivity contribution in [3.63, 3.8) is 0 Å². The molecule has 1 atom stereocenters. The summed E-state index contributed by atoms with van der Waals surface area (Å²) < 4.78 is 48.1. The van der Waals surface area contributed by atoms with Gasteiger partial charge >= 0.3 is 5.76 Å². The molecule has 8 heteroatoms. The zero-order chi connectivity index (χ0) is 20.7. The first-order chi connectivity index (χ1) is 13.3. The molecule has 0 aromatic heterocycles. The van der Waals surface area contributed by atoms with E-state index in [-0.39, 0.29) is 11.6 Å². The van der Waals surface area contributed by atoms with E-state index in [2.05, 4.69) is 10.2 Å². The number of amides is 1. The van der Waals surface area contributed by atoms with Gasteiger partial charge in [0.15, 0.2) is 0 Å². The molecule has 0 aliphatic heterocycles. The van der Waals surface area contributed by atoms with Crippen LogP contribution in [-0.4, -0.2) is 44.6 Å². The van der Waals surface area contributed by atoms with Gasteiger partial charge in [-0.25, -0.2) is 8.42 Å². The molecular weight excluding hydrogens is 386 g/mol. The topological polar surface area (TPSA) is 66.5 Å². The molecule has 0 spiro atoms. The van der Waals surface area contributed by atoms with Gasteiger partial charge in [0.1, 0.15) is 0 Å². The highest BCUT2D eigenvalue weighted by Crippen LogP contribution is 2.21. The van der Waals surface area contributed by atoms with Gasteiger partial charge in [-0.15, -0.1) is 0 Å². The van der Waals surface area contributed by atoms with Crippen molar-refractivity contribution in [1.82, 2.24) is 10.2 Å². The first-order valence-corrected chi connectivity index (χ1v) is 10.5. The van der Waals surface area contributed by atoms with E-state index in [1.165, 1.54) is 12.1 Å². The van der Waals surface area contributed by atoms with E-state index in [9.17, 15) is 22.0 Å². The number of nitrogens with one attached hydrogen (secondary N) is 1. The monoisotopic (exact) mass is 410 g/mol. The number of likely N-dealkylation sites (N-methyl/N-ethyl adjacent to an activating group) is 1. The Morgan fingerprint density at radius 1 is 1.00 bits per heavy atom. The molecule has 0 heterocycles. The highest BCUT2D eigenvalue weighted by Gasteiger charge is 2.26. The Balaban J connectivity index is 2.12. The Hall–Kier alpha value is -2.32. The minimum atomic E-state index is -4.67.